The van der Waals surface area contributed by atoms with Crippen molar-refractivity contribution >= 4 is 40.4 Å². The molecular weight excluding hydrogens is 376 g/mol. The number of phenolic OH excluding ortho intramolecular Hbond substituents is 1. The van der Waals surface area contributed by atoms with Gasteiger partial charge >= 0.3 is 0 Å². The predicted octanol–water partition coefficient (Wildman–Crippen LogP) is 4.81. The number of fused-ring (bicyclic) bond motifs is 3. The van der Waals surface area contributed by atoms with Crippen LogP contribution in [0.25, 0.3) is 0 Å². The Morgan fingerprint density at radius 1 is 1.23 bits per heavy atom. The van der Waals surface area contributed by atoms with Crippen LogP contribution in [0.2, 0.25) is 10.0 Å². The number of amidine groups is 1. The Morgan fingerprint density at radius 2 is 2.04 bits per heavy atom. The fourth-order valence-electron chi connectivity index (χ4n) is 3.21. The summed E-state index contributed by atoms with van der Waals surface area (Å²) in [5.41, 5.74) is 1.77. The molecule has 0 saturated heterocycles. The van der Waals surface area contributed by atoms with E-state index in [0.717, 1.165) is 11.5 Å². The van der Waals surface area contributed by atoms with E-state index in [4.69, 9.17) is 28.2 Å². The van der Waals surface area contributed by atoms with Crippen LogP contribution in [0.4, 0.5) is 10.1 Å². The van der Waals surface area contributed by atoms with Crippen LogP contribution in [-0.2, 0) is 0 Å². The summed E-state index contributed by atoms with van der Waals surface area (Å²) in [6.07, 6.45) is 3.65. The quantitative estimate of drug-likeness (QED) is 0.760. The van der Waals surface area contributed by atoms with E-state index < -0.39 is 5.82 Å². The molecule has 2 heterocycles. The number of aromatic hydroxyl groups is 1. The van der Waals surface area contributed by atoms with Gasteiger partial charge in [-0.3, -0.25) is 4.99 Å². The third kappa shape index (κ3) is 2.68. The molecule has 0 bridgehead atoms. The highest BCUT2D eigenvalue weighted by Gasteiger charge is 2.31. The lowest BCUT2D eigenvalue weighted by atomic mass is 9.99. The zero-order valence-electron chi connectivity index (χ0n) is 13.7. The average molecular weight is 390 g/mol. The number of nitrogens with zero attached hydrogens (tertiary/aromatic N) is 3. The van der Waals surface area contributed by atoms with Gasteiger partial charge in [0.25, 0.3) is 0 Å². The maximum absolute atomic E-state index is 14.6. The minimum atomic E-state index is -0.504. The first-order valence-corrected chi connectivity index (χ1v) is 8.78. The molecule has 4 nitrogen and oxygen atoms in total. The van der Waals surface area contributed by atoms with Crippen molar-refractivity contribution in [3.05, 3.63) is 69.6 Å². The molecule has 0 saturated carbocycles. The Balaban J connectivity index is 2.06. The van der Waals surface area contributed by atoms with Crippen LogP contribution in [0.15, 0.2) is 52.6 Å². The minimum Gasteiger partial charge on any atom is -0.508 e. The zero-order chi connectivity index (χ0) is 18.4. The summed E-state index contributed by atoms with van der Waals surface area (Å²) < 4.78 is 14.6. The van der Waals surface area contributed by atoms with E-state index in [0.29, 0.717) is 22.8 Å². The second-order valence-corrected chi connectivity index (χ2v) is 6.84. The van der Waals surface area contributed by atoms with E-state index in [-0.39, 0.29) is 22.4 Å². The molecule has 1 N–H and O–H groups in total. The van der Waals surface area contributed by atoms with Crippen molar-refractivity contribution in [1.82, 2.24) is 0 Å². The van der Waals surface area contributed by atoms with Gasteiger partial charge in [0.2, 0.25) is 0 Å². The highest BCUT2D eigenvalue weighted by molar-refractivity contribution is 6.45. The van der Waals surface area contributed by atoms with Crippen molar-refractivity contribution < 1.29 is 9.50 Å². The molecule has 0 unspecified atom stereocenters. The lowest BCUT2D eigenvalue weighted by molar-refractivity contribution is 0.473. The minimum absolute atomic E-state index is 0.0579. The molecule has 0 aromatic heterocycles. The van der Waals surface area contributed by atoms with Gasteiger partial charge in [-0.05, 0) is 43.3 Å². The molecule has 2 aliphatic heterocycles. The van der Waals surface area contributed by atoms with Crippen molar-refractivity contribution in [2.45, 2.75) is 13.0 Å². The second kappa shape index (κ2) is 6.41. The first kappa shape index (κ1) is 17.1. The Kier molecular flexibility index (Phi) is 4.21. The molecule has 2 aromatic carbocycles. The van der Waals surface area contributed by atoms with E-state index >= 15 is 0 Å². The molecule has 0 aliphatic carbocycles. The fourth-order valence-corrected chi connectivity index (χ4v) is 3.61. The van der Waals surface area contributed by atoms with Crippen LogP contribution >= 0.6 is 23.2 Å². The summed E-state index contributed by atoms with van der Waals surface area (Å²) in [4.78, 5) is 11.1. The van der Waals surface area contributed by atoms with E-state index in [1.54, 1.807) is 12.3 Å². The number of halogens is 3. The predicted molar refractivity (Wildman–Crippen MR) is 104 cm³/mol. The van der Waals surface area contributed by atoms with Crippen LogP contribution in [0, 0.1) is 5.82 Å². The number of benzene rings is 2. The molecule has 2 aromatic rings. The lowest BCUT2D eigenvalue weighted by Gasteiger charge is -2.28. The third-order valence-electron chi connectivity index (χ3n) is 4.38. The van der Waals surface area contributed by atoms with Gasteiger partial charge in [-0.25, -0.2) is 9.38 Å². The molecule has 7 heteroatoms. The summed E-state index contributed by atoms with van der Waals surface area (Å²) in [7, 11) is 0. The number of aliphatic imine (C=N–C) groups is 2. The molecule has 0 amide bonds. The topological polar surface area (TPSA) is 48.2 Å². The van der Waals surface area contributed by atoms with E-state index in [1.807, 2.05) is 24.0 Å². The summed E-state index contributed by atoms with van der Waals surface area (Å²) in [5.74, 6) is 0.177. The monoisotopic (exact) mass is 389 g/mol. The Morgan fingerprint density at radius 3 is 2.85 bits per heavy atom. The average Bonchev–Trinajstić information content (AvgIpc) is 2.76. The number of phenols is 1. The molecule has 4 rings (SSSR count). The van der Waals surface area contributed by atoms with Gasteiger partial charge < -0.3 is 10.0 Å². The van der Waals surface area contributed by atoms with Crippen LogP contribution in [-0.4, -0.2) is 29.2 Å². The highest BCUT2D eigenvalue weighted by Crippen LogP contribution is 2.39. The van der Waals surface area contributed by atoms with Crippen LogP contribution < -0.4 is 4.90 Å². The van der Waals surface area contributed by atoms with Crippen molar-refractivity contribution in [3.8, 4) is 5.75 Å². The van der Waals surface area contributed by atoms with Gasteiger partial charge in [0.1, 0.15) is 23.4 Å². The highest BCUT2D eigenvalue weighted by atomic mass is 35.5. The normalized spacial score (nSPS) is 18.6. The van der Waals surface area contributed by atoms with E-state index in [1.165, 1.54) is 18.2 Å². The molecule has 2 aliphatic rings. The molecule has 1 atom stereocenters. The van der Waals surface area contributed by atoms with Gasteiger partial charge in [-0.15, -0.1) is 0 Å². The summed E-state index contributed by atoms with van der Waals surface area (Å²) in [6.45, 7) is 2.48. The van der Waals surface area contributed by atoms with Crippen molar-refractivity contribution in [2.75, 3.05) is 11.4 Å². The smallest absolute Gasteiger partial charge is 0.133 e. The van der Waals surface area contributed by atoms with Crippen molar-refractivity contribution in [2.24, 2.45) is 9.98 Å². The van der Waals surface area contributed by atoms with Crippen LogP contribution in [0.1, 0.15) is 18.1 Å². The molecular formula is C19H14Cl2FN3O. The maximum Gasteiger partial charge on any atom is 0.133 e. The van der Waals surface area contributed by atoms with E-state index in [2.05, 4.69) is 4.99 Å². The third-order valence-corrected chi connectivity index (χ3v) is 5.18. The Hall–Kier alpha value is -2.37. The number of anilines is 1. The SMILES string of the molecule is C[C@@H]1N=C(c2cc(O)ccc2F)c2c(ccc(Cl)c2Cl)N2CC=CN=C12. The van der Waals surface area contributed by atoms with E-state index in [9.17, 15) is 9.50 Å². The zero-order valence-corrected chi connectivity index (χ0v) is 15.3. The van der Waals surface area contributed by atoms with Crippen LogP contribution in [0.3, 0.4) is 0 Å². The number of hydrogen-bond acceptors (Lipinski definition) is 4. The van der Waals surface area contributed by atoms with Gasteiger partial charge in [-0.1, -0.05) is 23.2 Å². The number of hydrogen-bond donors (Lipinski definition) is 1. The van der Waals surface area contributed by atoms with Crippen molar-refractivity contribution in [3.63, 3.8) is 0 Å². The fraction of sp³-hybridized carbons (Fsp3) is 0.158. The molecule has 0 radical (unpaired) electrons. The molecule has 132 valence electrons. The maximum atomic E-state index is 14.6. The first-order chi connectivity index (χ1) is 12.5. The summed E-state index contributed by atoms with van der Waals surface area (Å²) in [6, 6.07) is 7.02. The lowest BCUT2D eigenvalue weighted by Crippen LogP contribution is -2.38. The van der Waals surface area contributed by atoms with Gasteiger partial charge in [0.15, 0.2) is 0 Å². The Labute approximate surface area is 159 Å². The molecule has 0 spiro atoms. The van der Waals surface area contributed by atoms with Crippen molar-refractivity contribution in [1.29, 1.82) is 0 Å². The second-order valence-electron chi connectivity index (χ2n) is 6.06. The molecule has 26 heavy (non-hydrogen) atoms. The number of rotatable bonds is 1. The van der Waals surface area contributed by atoms with Gasteiger partial charge in [0.05, 0.1) is 21.4 Å². The molecule has 0 fully saturated rings. The van der Waals surface area contributed by atoms with Crippen LogP contribution in [0.5, 0.6) is 5.75 Å². The summed E-state index contributed by atoms with van der Waals surface area (Å²) in [5, 5.41) is 10.5. The first-order valence-electron chi connectivity index (χ1n) is 8.02. The summed E-state index contributed by atoms with van der Waals surface area (Å²) >= 11 is 12.8. The standard InChI is InChI=1S/C19H14Cl2FN3O/c1-10-19-23-7-2-8-25(19)15-6-4-13(20)17(21)16(15)18(24-10)12-9-11(26)3-5-14(12)22/h2-7,9-10,26H,8H2,1H3/t10-/m0/s1. The van der Waals surface area contributed by atoms with Gasteiger partial charge in [-0.2, -0.15) is 0 Å². The Bertz CT molecular complexity index is 1000. The van der Waals surface area contributed by atoms with Gasteiger partial charge in [0, 0.05) is 23.9 Å². The largest absolute Gasteiger partial charge is 0.508 e.